The Balaban J connectivity index is 2.88. The lowest BCUT2D eigenvalue weighted by Gasteiger charge is -1.96. The molecule has 0 spiro atoms. The largest absolute Gasteiger partial charge is 0.393 e. The predicted octanol–water partition coefficient (Wildman–Crippen LogP) is 2.53. The molecule has 0 saturated heterocycles. The van der Waals surface area contributed by atoms with Crippen molar-refractivity contribution in [2.45, 2.75) is 0 Å². The third-order valence-corrected chi connectivity index (χ3v) is 2.74. The summed E-state index contributed by atoms with van der Waals surface area (Å²) in [7, 11) is 0. The molecule has 2 aromatic rings. The van der Waals surface area contributed by atoms with Crippen molar-refractivity contribution >= 4 is 32.8 Å². The van der Waals surface area contributed by atoms with Gasteiger partial charge in [-0.05, 0) is 18.2 Å². The van der Waals surface area contributed by atoms with Crippen molar-refractivity contribution in [3.63, 3.8) is 0 Å². The average Bonchev–Trinajstić information content (AvgIpc) is 2.43. The summed E-state index contributed by atoms with van der Waals surface area (Å²) < 4.78 is 13.4. The van der Waals surface area contributed by atoms with Gasteiger partial charge < -0.3 is 5.73 Å². The van der Waals surface area contributed by atoms with E-state index in [1.54, 1.807) is 6.07 Å². The number of nitrogens with zero attached hydrogens (tertiary/aromatic N) is 1. The van der Waals surface area contributed by atoms with Gasteiger partial charge >= 0.3 is 5.69 Å². The molecule has 0 aliphatic rings. The van der Waals surface area contributed by atoms with Crippen molar-refractivity contribution in [1.82, 2.24) is 0 Å². The van der Waals surface area contributed by atoms with Crippen LogP contribution in [0.1, 0.15) is 0 Å². The van der Waals surface area contributed by atoms with Crippen molar-refractivity contribution in [1.29, 1.82) is 0 Å². The number of nitrogen functional groups attached to an aromatic ring is 1. The van der Waals surface area contributed by atoms with E-state index in [0.717, 1.165) is 17.4 Å². The van der Waals surface area contributed by atoms with Gasteiger partial charge in [-0.1, -0.05) is 0 Å². The molecule has 0 fully saturated rings. The standard InChI is InChI=1S/C8H5FN2O2S/c9-7-3-4-6(14-7)2-1-5(10)8(4)11(12)13/h1-3H,10H2. The van der Waals surface area contributed by atoms with Crippen molar-refractivity contribution in [3.05, 3.63) is 33.4 Å². The van der Waals surface area contributed by atoms with Crippen LogP contribution >= 0.6 is 11.3 Å². The lowest BCUT2D eigenvalue weighted by Crippen LogP contribution is -1.95. The first-order valence-electron chi connectivity index (χ1n) is 3.71. The molecule has 0 aliphatic heterocycles. The molecular weight excluding hydrogens is 207 g/mol. The minimum absolute atomic E-state index is 0.0558. The second kappa shape index (κ2) is 2.91. The first-order chi connectivity index (χ1) is 6.59. The Morgan fingerprint density at radius 3 is 2.86 bits per heavy atom. The smallest absolute Gasteiger partial charge is 0.300 e. The zero-order chi connectivity index (χ0) is 10.3. The summed E-state index contributed by atoms with van der Waals surface area (Å²) >= 11 is 0.866. The van der Waals surface area contributed by atoms with E-state index < -0.39 is 10.1 Å². The highest BCUT2D eigenvalue weighted by molar-refractivity contribution is 7.17. The molecule has 0 unspecified atom stereocenters. The van der Waals surface area contributed by atoms with Gasteiger partial charge in [0.2, 0.25) is 0 Å². The minimum Gasteiger partial charge on any atom is -0.393 e. The van der Waals surface area contributed by atoms with Crippen LogP contribution < -0.4 is 5.73 Å². The van der Waals surface area contributed by atoms with E-state index in [2.05, 4.69) is 0 Å². The second-order valence-electron chi connectivity index (χ2n) is 2.72. The van der Waals surface area contributed by atoms with Gasteiger partial charge in [-0.2, -0.15) is 4.39 Å². The van der Waals surface area contributed by atoms with Crippen molar-refractivity contribution in [2.75, 3.05) is 5.73 Å². The Morgan fingerprint density at radius 1 is 1.50 bits per heavy atom. The number of rotatable bonds is 1. The van der Waals surface area contributed by atoms with Gasteiger partial charge in [0.05, 0.1) is 10.3 Å². The van der Waals surface area contributed by atoms with E-state index in [1.165, 1.54) is 6.07 Å². The number of benzene rings is 1. The number of nitrogens with two attached hydrogens (primary N) is 1. The van der Waals surface area contributed by atoms with E-state index in [0.29, 0.717) is 4.70 Å². The number of halogens is 1. The molecule has 0 saturated carbocycles. The summed E-state index contributed by atoms with van der Waals surface area (Å²) in [4.78, 5) is 10.1. The molecule has 4 nitrogen and oxygen atoms in total. The highest BCUT2D eigenvalue weighted by Gasteiger charge is 2.18. The molecule has 6 heteroatoms. The maximum absolute atomic E-state index is 12.9. The SMILES string of the molecule is Nc1ccc2sc(F)cc2c1[N+](=O)[O-]. The number of nitro benzene ring substituents is 1. The molecule has 1 aromatic carbocycles. The predicted molar refractivity (Wildman–Crippen MR) is 52.8 cm³/mol. The maximum Gasteiger partial charge on any atom is 0.300 e. The van der Waals surface area contributed by atoms with Gasteiger partial charge in [0.1, 0.15) is 5.69 Å². The molecule has 0 atom stereocenters. The number of hydrogen-bond donors (Lipinski definition) is 1. The Hall–Kier alpha value is -1.69. The van der Waals surface area contributed by atoms with Gasteiger partial charge in [-0.25, -0.2) is 0 Å². The molecule has 1 aromatic heterocycles. The van der Waals surface area contributed by atoms with Crippen LogP contribution in [0.15, 0.2) is 18.2 Å². The van der Waals surface area contributed by atoms with E-state index >= 15 is 0 Å². The van der Waals surface area contributed by atoms with Gasteiger partial charge in [-0.3, -0.25) is 10.1 Å². The molecule has 0 aliphatic carbocycles. The first-order valence-corrected chi connectivity index (χ1v) is 4.53. The zero-order valence-corrected chi connectivity index (χ0v) is 7.68. The lowest BCUT2D eigenvalue weighted by atomic mass is 10.2. The molecule has 1 heterocycles. The number of anilines is 1. The normalized spacial score (nSPS) is 10.6. The third-order valence-electron chi connectivity index (χ3n) is 1.86. The summed E-state index contributed by atoms with van der Waals surface area (Å²) in [5.74, 6) is 0. The Kier molecular flexibility index (Phi) is 1.85. The Morgan fingerprint density at radius 2 is 2.21 bits per heavy atom. The fraction of sp³-hybridized carbons (Fsp3) is 0. The Labute approximate surface area is 81.9 Å². The quantitative estimate of drug-likeness (QED) is 0.448. The summed E-state index contributed by atoms with van der Waals surface area (Å²) in [5.41, 5.74) is 5.27. The number of thiophene rings is 1. The van der Waals surface area contributed by atoms with Crippen LogP contribution in [0.25, 0.3) is 10.1 Å². The fourth-order valence-corrected chi connectivity index (χ4v) is 2.08. The molecule has 2 N–H and O–H groups in total. The van der Waals surface area contributed by atoms with Crippen LogP contribution in [-0.2, 0) is 0 Å². The van der Waals surface area contributed by atoms with Crippen molar-refractivity contribution < 1.29 is 9.31 Å². The third kappa shape index (κ3) is 1.20. The average molecular weight is 212 g/mol. The van der Waals surface area contributed by atoms with Crippen LogP contribution in [0.2, 0.25) is 0 Å². The molecule has 0 bridgehead atoms. The molecule has 0 amide bonds. The molecule has 72 valence electrons. The monoisotopic (exact) mass is 212 g/mol. The summed E-state index contributed by atoms with van der Waals surface area (Å²) in [5, 5.41) is 10.5. The van der Waals surface area contributed by atoms with Gasteiger partial charge in [0, 0.05) is 4.70 Å². The summed E-state index contributed by atoms with van der Waals surface area (Å²) in [6.45, 7) is 0. The summed E-state index contributed by atoms with van der Waals surface area (Å²) in [6, 6.07) is 4.12. The van der Waals surface area contributed by atoms with Crippen molar-refractivity contribution in [2.24, 2.45) is 0 Å². The van der Waals surface area contributed by atoms with E-state index in [-0.39, 0.29) is 16.8 Å². The fourth-order valence-electron chi connectivity index (χ4n) is 1.29. The van der Waals surface area contributed by atoms with E-state index in [9.17, 15) is 14.5 Å². The minimum atomic E-state index is -0.593. The zero-order valence-electron chi connectivity index (χ0n) is 6.86. The lowest BCUT2D eigenvalue weighted by molar-refractivity contribution is -0.382. The van der Waals surface area contributed by atoms with E-state index in [1.807, 2.05) is 0 Å². The van der Waals surface area contributed by atoms with Crippen molar-refractivity contribution in [3.8, 4) is 0 Å². The van der Waals surface area contributed by atoms with Crippen LogP contribution in [0, 0.1) is 15.2 Å². The van der Waals surface area contributed by atoms with Crippen LogP contribution in [0.3, 0.4) is 0 Å². The number of fused-ring (bicyclic) bond motifs is 1. The second-order valence-corrected chi connectivity index (χ2v) is 3.76. The maximum atomic E-state index is 12.9. The molecule has 14 heavy (non-hydrogen) atoms. The van der Waals surface area contributed by atoms with Gasteiger partial charge in [0.25, 0.3) is 0 Å². The first kappa shape index (κ1) is 8.89. The van der Waals surface area contributed by atoms with Gasteiger partial charge in [-0.15, -0.1) is 11.3 Å². The molecule has 2 rings (SSSR count). The van der Waals surface area contributed by atoms with E-state index in [4.69, 9.17) is 5.73 Å². The highest BCUT2D eigenvalue weighted by Crippen LogP contribution is 2.35. The molecule has 0 radical (unpaired) electrons. The van der Waals surface area contributed by atoms with Crippen LogP contribution in [0.4, 0.5) is 15.8 Å². The summed E-state index contributed by atoms with van der Waals surface area (Å²) in [6.07, 6.45) is 0. The number of hydrogen-bond acceptors (Lipinski definition) is 4. The van der Waals surface area contributed by atoms with Gasteiger partial charge in [0.15, 0.2) is 5.13 Å². The number of nitro groups is 1. The highest BCUT2D eigenvalue weighted by atomic mass is 32.1. The molecular formula is C8H5FN2O2S. The van der Waals surface area contributed by atoms with Crippen LogP contribution in [0.5, 0.6) is 0 Å². The Bertz CT molecular complexity index is 523. The topological polar surface area (TPSA) is 69.2 Å². The van der Waals surface area contributed by atoms with Crippen LogP contribution in [-0.4, -0.2) is 4.92 Å².